The van der Waals surface area contributed by atoms with E-state index in [1.807, 2.05) is 42.7 Å². The number of nitriles is 1. The number of nitrogens with one attached hydrogen (secondary N) is 1. The number of nitrogens with zero attached hydrogens (tertiary/aromatic N) is 2. The first-order chi connectivity index (χ1) is 12.2. The predicted octanol–water partition coefficient (Wildman–Crippen LogP) is 5.67. The molecule has 0 unspecified atom stereocenters. The van der Waals surface area contributed by atoms with Crippen LogP contribution in [0, 0.1) is 11.3 Å². The Bertz CT molecular complexity index is 959. The molecule has 0 amide bonds. The van der Waals surface area contributed by atoms with Gasteiger partial charge in [-0.25, -0.2) is 0 Å². The van der Waals surface area contributed by atoms with Gasteiger partial charge in [-0.1, -0.05) is 41.0 Å². The van der Waals surface area contributed by atoms with Crippen molar-refractivity contribution in [3.05, 3.63) is 71.1 Å². The fourth-order valence-electron chi connectivity index (χ4n) is 2.29. The van der Waals surface area contributed by atoms with Crippen molar-refractivity contribution in [2.24, 2.45) is 0 Å². The second-order valence-electron chi connectivity index (χ2n) is 5.07. The Hall–Kier alpha value is -2.68. The summed E-state index contributed by atoms with van der Waals surface area (Å²) in [5, 5.41) is 17.2. The van der Waals surface area contributed by atoms with Crippen LogP contribution < -0.4 is 5.32 Å². The molecular formula is C19H14ClN3OS. The summed E-state index contributed by atoms with van der Waals surface area (Å²) in [6.45, 7) is 0. The molecule has 1 heterocycles. The maximum absolute atomic E-state index is 9.47. The Morgan fingerprint density at radius 3 is 2.84 bits per heavy atom. The van der Waals surface area contributed by atoms with Crippen LogP contribution in [0.25, 0.3) is 17.3 Å². The van der Waals surface area contributed by atoms with Crippen LogP contribution in [0.15, 0.2) is 64.1 Å². The second kappa shape index (κ2) is 7.93. The third-order valence-corrected chi connectivity index (χ3v) is 4.57. The summed E-state index contributed by atoms with van der Waals surface area (Å²) in [7, 11) is 0. The van der Waals surface area contributed by atoms with Gasteiger partial charge in [0.1, 0.15) is 17.3 Å². The molecule has 0 aliphatic heterocycles. The fourth-order valence-corrected chi connectivity index (χ4v) is 2.97. The van der Waals surface area contributed by atoms with Crippen LogP contribution in [0.2, 0.25) is 5.02 Å². The number of benzene rings is 2. The zero-order chi connectivity index (χ0) is 17.6. The van der Waals surface area contributed by atoms with Crippen LogP contribution >= 0.6 is 23.4 Å². The van der Waals surface area contributed by atoms with Crippen molar-refractivity contribution < 1.29 is 4.52 Å². The highest BCUT2D eigenvalue weighted by molar-refractivity contribution is 7.98. The van der Waals surface area contributed by atoms with E-state index in [-0.39, 0.29) is 0 Å². The topological polar surface area (TPSA) is 61.9 Å². The molecule has 0 fully saturated rings. The average molecular weight is 368 g/mol. The number of hydrogen-bond donors (Lipinski definition) is 1. The van der Waals surface area contributed by atoms with Gasteiger partial charge >= 0.3 is 0 Å². The maximum atomic E-state index is 9.47. The highest BCUT2D eigenvalue weighted by atomic mass is 35.5. The van der Waals surface area contributed by atoms with Gasteiger partial charge in [0.15, 0.2) is 5.76 Å². The van der Waals surface area contributed by atoms with Crippen molar-refractivity contribution in [3.63, 3.8) is 0 Å². The molecule has 0 atom stereocenters. The van der Waals surface area contributed by atoms with Gasteiger partial charge in [-0.2, -0.15) is 5.26 Å². The van der Waals surface area contributed by atoms with Crippen LogP contribution in [0.1, 0.15) is 11.3 Å². The first-order valence-corrected chi connectivity index (χ1v) is 9.05. The minimum atomic E-state index is 0.351. The normalized spacial score (nSPS) is 10.8. The van der Waals surface area contributed by atoms with Crippen LogP contribution in [0.5, 0.6) is 0 Å². The van der Waals surface area contributed by atoms with Crippen LogP contribution in [0.3, 0.4) is 0 Å². The van der Waals surface area contributed by atoms with Gasteiger partial charge < -0.3 is 9.84 Å². The minimum absolute atomic E-state index is 0.351. The summed E-state index contributed by atoms with van der Waals surface area (Å²) in [5.74, 6) is 0.381. The molecule has 0 saturated carbocycles. The fraction of sp³-hybridized carbons (Fsp3) is 0.0526. The SMILES string of the molecule is CSc1cccc(N/C=C/c2onc(-c3ccccc3Cl)c2C#N)c1. The van der Waals surface area contributed by atoms with Gasteiger partial charge in [-0.05, 0) is 30.5 Å². The van der Waals surface area contributed by atoms with E-state index in [4.69, 9.17) is 16.1 Å². The summed E-state index contributed by atoms with van der Waals surface area (Å²) in [4.78, 5) is 1.16. The van der Waals surface area contributed by atoms with Crippen molar-refractivity contribution in [3.8, 4) is 17.3 Å². The van der Waals surface area contributed by atoms with Crippen LogP contribution in [-0.2, 0) is 0 Å². The molecule has 0 bridgehead atoms. The first kappa shape index (κ1) is 17.2. The molecule has 3 rings (SSSR count). The Morgan fingerprint density at radius 2 is 2.08 bits per heavy atom. The number of rotatable bonds is 5. The Balaban J connectivity index is 1.84. The number of thioether (sulfide) groups is 1. The number of halogens is 1. The van der Waals surface area contributed by atoms with E-state index in [9.17, 15) is 5.26 Å². The predicted molar refractivity (Wildman–Crippen MR) is 103 cm³/mol. The van der Waals surface area contributed by atoms with Crippen LogP contribution in [0.4, 0.5) is 5.69 Å². The zero-order valence-electron chi connectivity index (χ0n) is 13.4. The number of aromatic nitrogens is 1. The van der Waals surface area contributed by atoms with Gasteiger partial charge in [0.25, 0.3) is 0 Å². The van der Waals surface area contributed by atoms with E-state index in [2.05, 4.69) is 16.5 Å². The van der Waals surface area contributed by atoms with Crippen molar-refractivity contribution in [2.75, 3.05) is 11.6 Å². The Labute approximate surface area is 155 Å². The van der Waals surface area contributed by atoms with Gasteiger partial charge in [-0.15, -0.1) is 11.8 Å². The van der Waals surface area contributed by atoms with Crippen molar-refractivity contribution in [1.29, 1.82) is 5.26 Å². The summed E-state index contributed by atoms with van der Waals surface area (Å²) in [6.07, 6.45) is 5.42. The number of anilines is 1. The lowest BCUT2D eigenvalue weighted by atomic mass is 10.1. The first-order valence-electron chi connectivity index (χ1n) is 7.44. The summed E-state index contributed by atoms with van der Waals surface area (Å²) < 4.78 is 5.32. The van der Waals surface area contributed by atoms with Gasteiger partial charge in [0.05, 0.1) is 5.02 Å². The van der Waals surface area contributed by atoms with E-state index in [1.165, 1.54) is 0 Å². The number of hydrogen-bond acceptors (Lipinski definition) is 5. The molecule has 0 spiro atoms. The highest BCUT2D eigenvalue weighted by Crippen LogP contribution is 2.31. The summed E-state index contributed by atoms with van der Waals surface area (Å²) in [5.41, 5.74) is 2.42. The molecule has 3 aromatic rings. The molecule has 0 aliphatic rings. The van der Waals surface area contributed by atoms with Gasteiger partial charge in [-0.3, -0.25) is 0 Å². The van der Waals surface area contributed by atoms with E-state index in [0.717, 1.165) is 10.6 Å². The minimum Gasteiger partial charge on any atom is -0.362 e. The molecule has 124 valence electrons. The van der Waals surface area contributed by atoms with Gasteiger partial charge in [0, 0.05) is 28.4 Å². The van der Waals surface area contributed by atoms with E-state index in [1.54, 1.807) is 36.2 Å². The van der Waals surface area contributed by atoms with Gasteiger partial charge in [0.2, 0.25) is 0 Å². The lowest BCUT2D eigenvalue weighted by Crippen LogP contribution is -1.87. The Morgan fingerprint density at radius 1 is 1.24 bits per heavy atom. The lowest BCUT2D eigenvalue weighted by Gasteiger charge is -2.02. The van der Waals surface area contributed by atoms with Crippen LogP contribution in [-0.4, -0.2) is 11.4 Å². The third-order valence-electron chi connectivity index (χ3n) is 3.51. The molecule has 0 radical (unpaired) electrons. The molecule has 6 heteroatoms. The smallest absolute Gasteiger partial charge is 0.179 e. The standard InChI is InChI=1S/C19H14ClN3OS/c1-25-14-6-4-5-13(11-14)22-10-9-18-16(12-21)19(23-24-18)15-7-2-3-8-17(15)20/h2-11,22H,1H3/b10-9+. The quantitative estimate of drug-likeness (QED) is 0.588. The maximum Gasteiger partial charge on any atom is 0.179 e. The molecule has 1 aromatic heterocycles. The third kappa shape index (κ3) is 3.87. The van der Waals surface area contributed by atoms with E-state index < -0.39 is 0 Å². The van der Waals surface area contributed by atoms with E-state index in [0.29, 0.717) is 27.6 Å². The molecular weight excluding hydrogens is 354 g/mol. The lowest BCUT2D eigenvalue weighted by molar-refractivity contribution is 0.415. The molecule has 0 saturated heterocycles. The second-order valence-corrected chi connectivity index (χ2v) is 6.36. The summed E-state index contributed by atoms with van der Waals surface area (Å²) >= 11 is 7.86. The highest BCUT2D eigenvalue weighted by Gasteiger charge is 2.17. The molecule has 2 aromatic carbocycles. The molecule has 25 heavy (non-hydrogen) atoms. The monoisotopic (exact) mass is 367 g/mol. The van der Waals surface area contributed by atoms with Crippen molar-refractivity contribution in [1.82, 2.24) is 5.16 Å². The molecule has 4 nitrogen and oxygen atoms in total. The van der Waals surface area contributed by atoms with Crippen molar-refractivity contribution in [2.45, 2.75) is 4.90 Å². The largest absolute Gasteiger partial charge is 0.362 e. The van der Waals surface area contributed by atoms with E-state index >= 15 is 0 Å². The Kier molecular flexibility index (Phi) is 5.44. The average Bonchev–Trinajstić information content (AvgIpc) is 3.05. The molecule has 0 aliphatic carbocycles. The summed E-state index contributed by atoms with van der Waals surface area (Å²) in [6, 6.07) is 17.4. The zero-order valence-corrected chi connectivity index (χ0v) is 14.9. The molecule has 1 N–H and O–H groups in total. The van der Waals surface area contributed by atoms with Crippen molar-refractivity contribution >= 4 is 35.1 Å².